The molecule has 0 N–H and O–H groups in total. The third-order valence-corrected chi connectivity index (χ3v) is 6.24. The lowest BCUT2D eigenvalue weighted by atomic mass is 10.1. The molecule has 0 bridgehead atoms. The molecule has 2 aliphatic heterocycles. The number of thioether (sulfide) groups is 1. The molecule has 1 aromatic rings. The van der Waals surface area contributed by atoms with Gasteiger partial charge in [0.15, 0.2) is 0 Å². The maximum atomic E-state index is 13.2. The van der Waals surface area contributed by atoms with Gasteiger partial charge in [0, 0.05) is 18.7 Å². The highest BCUT2D eigenvalue weighted by atomic mass is 32.2. The van der Waals surface area contributed by atoms with Crippen molar-refractivity contribution in [1.29, 1.82) is 0 Å². The van der Waals surface area contributed by atoms with Crippen LogP contribution in [0.2, 0.25) is 0 Å². The largest absolute Gasteiger partial charge is 0.308 e. The molecule has 0 saturated carbocycles. The van der Waals surface area contributed by atoms with Gasteiger partial charge in [-0.05, 0) is 12.5 Å². The summed E-state index contributed by atoms with van der Waals surface area (Å²) in [4.78, 5) is 29.8. The fraction of sp³-hybridized carbons (Fsp3) is 0.381. The Bertz CT molecular complexity index is 816. The van der Waals surface area contributed by atoms with Crippen LogP contribution in [0.1, 0.15) is 44.6 Å². The molecule has 3 rings (SSSR count). The van der Waals surface area contributed by atoms with Crippen molar-refractivity contribution in [3.63, 3.8) is 0 Å². The van der Waals surface area contributed by atoms with E-state index in [2.05, 4.69) is 13.5 Å². The van der Waals surface area contributed by atoms with Crippen LogP contribution in [-0.4, -0.2) is 34.1 Å². The first-order chi connectivity index (χ1) is 13.1. The number of unbranched alkanes of at least 4 members (excludes halogenated alkanes) is 4. The molecule has 0 atom stereocenters. The van der Waals surface area contributed by atoms with Crippen molar-refractivity contribution in [1.82, 2.24) is 4.90 Å². The highest BCUT2D eigenvalue weighted by Crippen LogP contribution is 2.44. The van der Waals surface area contributed by atoms with Crippen LogP contribution >= 0.6 is 24.0 Å². The molecule has 27 heavy (non-hydrogen) atoms. The van der Waals surface area contributed by atoms with E-state index >= 15 is 0 Å². The fourth-order valence-corrected chi connectivity index (χ4v) is 4.78. The van der Waals surface area contributed by atoms with Gasteiger partial charge in [-0.1, -0.05) is 80.9 Å². The Morgan fingerprint density at radius 3 is 2.56 bits per heavy atom. The van der Waals surface area contributed by atoms with E-state index in [0.29, 0.717) is 27.9 Å². The third kappa shape index (κ3) is 3.87. The Hall–Kier alpha value is -1.92. The summed E-state index contributed by atoms with van der Waals surface area (Å²) in [6.45, 7) is 6.91. The predicted octanol–water partition coefficient (Wildman–Crippen LogP) is 4.76. The van der Waals surface area contributed by atoms with Crippen molar-refractivity contribution >= 4 is 51.4 Å². The van der Waals surface area contributed by atoms with Crippen molar-refractivity contribution in [2.45, 2.75) is 39.0 Å². The molecule has 2 aliphatic rings. The van der Waals surface area contributed by atoms with Gasteiger partial charge in [0.05, 0.1) is 16.2 Å². The summed E-state index contributed by atoms with van der Waals surface area (Å²) < 4.78 is 0.477. The first kappa shape index (κ1) is 19.8. The molecule has 1 fully saturated rings. The normalized spacial score (nSPS) is 19.2. The molecular formula is C21H24N2O2S2. The SMILES string of the molecule is C=CCN1C(=O)C(=C2C(=O)N(CCCCCCC)c3ccccc32)SC1=S. The average Bonchev–Trinajstić information content (AvgIpc) is 3.09. The zero-order valence-electron chi connectivity index (χ0n) is 15.6. The second-order valence-corrected chi connectivity index (χ2v) is 8.31. The number of fused-ring (bicyclic) bond motifs is 1. The Morgan fingerprint density at radius 2 is 1.81 bits per heavy atom. The van der Waals surface area contributed by atoms with Gasteiger partial charge in [-0.3, -0.25) is 14.5 Å². The van der Waals surface area contributed by atoms with Gasteiger partial charge in [0.25, 0.3) is 11.8 Å². The molecule has 0 unspecified atom stereocenters. The van der Waals surface area contributed by atoms with Crippen molar-refractivity contribution < 1.29 is 9.59 Å². The number of hydrogen-bond donors (Lipinski definition) is 0. The summed E-state index contributed by atoms with van der Waals surface area (Å²) in [6, 6.07) is 7.71. The van der Waals surface area contributed by atoms with Crippen molar-refractivity contribution in [2.24, 2.45) is 0 Å². The smallest absolute Gasteiger partial charge is 0.267 e. The van der Waals surface area contributed by atoms with Gasteiger partial charge in [-0.15, -0.1) is 6.58 Å². The molecular weight excluding hydrogens is 376 g/mol. The van der Waals surface area contributed by atoms with E-state index in [-0.39, 0.29) is 11.8 Å². The number of thiocarbonyl (C=S) groups is 1. The monoisotopic (exact) mass is 400 g/mol. The van der Waals surface area contributed by atoms with E-state index in [9.17, 15) is 9.59 Å². The van der Waals surface area contributed by atoms with E-state index in [0.717, 1.165) is 24.1 Å². The van der Waals surface area contributed by atoms with Gasteiger partial charge >= 0.3 is 0 Å². The standard InChI is InChI=1S/C21H24N2O2S2/c1-3-5-6-7-10-14-22-16-12-9-8-11-15(16)17(19(22)24)18-20(25)23(13-4-2)21(26)27-18/h4,8-9,11-12H,2-3,5-7,10,13-14H2,1H3. The summed E-state index contributed by atoms with van der Waals surface area (Å²) in [5.74, 6) is -0.293. The average molecular weight is 401 g/mol. The highest BCUT2D eigenvalue weighted by Gasteiger charge is 2.41. The molecule has 4 nitrogen and oxygen atoms in total. The van der Waals surface area contributed by atoms with Gasteiger partial charge in [-0.25, -0.2) is 0 Å². The maximum Gasteiger partial charge on any atom is 0.267 e. The molecule has 0 aliphatic carbocycles. The summed E-state index contributed by atoms with van der Waals surface area (Å²) >= 11 is 6.55. The lowest BCUT2D eigenvalue weighted by Crippen LogP contribution is -2.30. The molecule has 0 aromatic heterocycles. The summed E-state index contributed by atoms with van der Waals surface area (Å²) in [5.41, 5.74) is 2.21. The molecule has 2 amide bonds. The Morgan fingerprint density at radius 1 is 1.07 bits per heavy atom. The molecule has 1 saturated heterocycles. The van der Waals surface area contributed by atoms with Gasteiger partial charge in [0.2, 0.25) is 0 Å². The Labute approximate surface area is 170 Å². The number of amides is 2. The molecule has 0 radical (unpaired) electrons. The van der Waals surface area contributed by atoms with Crippen LogP contribution in [0.5, 0.6) is 0 Å². The van der Waals surface area contributed by atoms with Crippen LogP contribution in [0, 0.1) is 0 Å². The third-order valence-electron chi connectivity index (χ3n) is 4.80. The predicted molar refractivity (Wildman–Crippen MR) is 117 cm³/mol. The number of anilines is 1. The Balaban J connectivity index is 1.89. The van der Waals surface area contributed by atoms with Gasteiger partial charge in [-0.2, -0.15) is 0 Å². The van der Waals surface area contributed by atoms with Crippen LogP contribution in [0.4, 0.5) is 5.69 Å². The number of hydrogen-bond acceptors (Lipinski definition) is 4. The van der Waals surface area contributed by atoms with Crippen LogP contribution in [0.25, 0.3) is 5.57 Å². The number of carbonyl (C=O) groups is 2. The molecule has 1 aromatic carbocycles. The van der Waals surface area contributed by atoms with E-state index < -0.39 is 0 Å². The lowest BCUT2D eigenvalue weighted by Gasteiger charge is -2.17. The van der Waals surface area contributed by atoms with Crippen LogP contribution in [-0.2, 0) is 9.59 Å². The van der Waals surface area contributed by atoms with Crippen LogP contribution in [0.15, 0.2) is 41.8 Å². The van der Waals surface area contributed by atoms with Crippen LogP contribution in [0.3, 0.4) is 0 Å². The maximum absolute atomic E-state index is 13.2. The van der Waals surface area contributed by atoms with E-state index in [4.69, 9.17) is 12.2 Å². The van der Waals surface area contributed by atoms with E-state index in [1.165, 1.54) is 35.9 Å². The molecule has 0 spiro atoms. The topological polar surface area (TPSA) is 40.6 Å². The second-order valence-electron chi connectivity index (χ2n) is 6.66. The summed E-state index contributed by atoms with van der Waals surface area (Å²) in [5, 5.41) is 0. The van der Waals surface area contributed by atoms with Crippen molar-refractivity contribution in [3.05, 3.63) is 47.4 Å². The number of benzene rings is 1. The zero-order chi connectivity index (χ0) is 19.4. The van der Waals surface area contributed by atoms with Gasteiger partial charge in [0.1, 0.15) is 4.32 Å². The summed E-state index contributed by atoms with van der Waals surface area (Å²) in [6.07, 6.45) is 7.32. The fourth-order valence-electron chi connectivity index (χ4n) is 3.43. The number of rotatable bonds is 8. The highest BCUT2D eigenvalue weighted by molar-refractivity contribution is 8.26. The molecule has 2 heterocycles. The minimum absolute atomic E-state index is 0.0919. The number of carbonyl (C=O) groups excluding carboxylic acids is 2. The van der Waals surface area contributed by atoms with Gasteiger partial charge < -0.3 is 4.90 Å². The van der Waals surface area contributed by atoms with Crippen molar-refractivity contribution in [2.75, 3.05) is 18.0 Å². The zero-order valence-corrected chi connectivity index (χ0v) is 17.2. The van der Waals surface area contributed by atoms with E-state index in [1.54, 1.807) is 6.08 Å². The lowest BCUT2D eigenvalue weighted by molar-refractivity contribution is -0.122. The quantitative estimate of drug-likeness (QED) is 0.273. The van der Waals surface area contributed by atoms with Crippen LogP contribution < -0.4 is 4.90 Å². The first-order valence-corrected chi connectivity index (χ1v) is 10.6. The van der Waals surface area contributed by atoms with Crippen molar-refractivity contribution in [3.8, 4) is 0 Å². The minimum Gasteiger partial charge on any atom is -0.308 e. The van der Waals surface area contributed by atoms with E-state index in [1.807, 2.05) is 29.2 Å². The molecule has 6 heteroatoms. The summed E-state index contributed by atoms with van der Waals surface area (Å²) in [7, 11) is 0. The Kier molecular flexibility index (Phi) is 6.50. The first-order valence-electron chi connectivity index (χ1n) is 9.40. The number of nitrogens with zero attached hydrogens (tertiary/aromatic N) is 2. The number of para-hydroxylation sites is 1. The molecule has 142 valence electrons. The minimum atomic E-state index is -0.201. The second kappa shape index (κ2) is 8.85.